The van der Waals surface area contributed by atoms with E-state index >= 15 is 0 Å². The number of nitrogens with one attached hydrogen (secondary N) is 1. The third-order valence-electron chi connectivity index (χ3n) is 5.78. The third-order valence-corrected chi connectivity index (χ3v) is 5.78. The summed E-state index contributed by atoms with van der Waals surface area (Å²) in [7, 11) is 0. The number of aliphatic imine (C=N–C) groups is 1. The van der Waals surface area contributed by atoms with Crippen LogP contribution >= 0.6 is 24.0 Å². The summed E-state index contributed by atoms with van der Waals surface area (Å²) >= 11 is 0. The molecule has 2 saturated heterocycles. The van der Waals surface area contributed by atoms with Crippen molar-refractivity contribution in [2.24, 2.45) is 4.99 Å². The molecule has 2 heterocycles. The molecule has 2 aliphatic rings. The van der Waals surface area contributed by atoms with E-state index in [9.17, 15) is 13.6 Å². The van der Waals surface area contributed by atoms with E-state index in [0.717, 1.165) is 76.7 Å². The molecule has 1 aromatic rings. The molecular formula is C22H34F2IN5O2. The van der Waals surface area contributed by atoms with Gasteiger partial charge in [-0.3, -0.25) is 9.69 Å². The zero-order valence-corrected chi connectivity index (χ0v) is 21.2. The van der Waals surface area contributed by atoms with Crippen LogP contribution in [0, 0.1) is 11.6 Å². The summed E-state index contributed by atoms with van der Waals surface area (Å²) in [4.78, 5) is 23.7. The Labute approximate surface area is 206 Å². The maximum Gasteiger partial charge on any atom is 0.239 e. The predicted octanol–water partition coefficient (Wildman–Crippen LogP) is 2.56. The summed E-state index contributed by atoms with van der Waals surface area (Å²) in [6.45, 7) is 10.4. The number of carbonyl (C=O) groups excluding carboxylic acids is 1. The molecule has 180 valence electrons. The molecule has 0 aliphatic carbocycles. The molecule has 3 rings (SSSR count). The highest BCUT2D eigenvalue weighted by atomic mass is 127. The van der Waals surface area contributed by atoms with E-state index in [2.05, 4.69) is 20.1 Å². The smallest absolute Gasteiger partial charge is 0.239 e. The van der Waals surface area contributed by atoms with Gasteiger partial charge in [0.25, 0.3) is 0 Å². The van der Waals surface area contributed by atoms with Crippen molar-refractivity contribution < 1.29 is 18.3 Å². The van der Waals surface area contributed by atoms with Crippen molar-refractivity contribution in [2.75, 3.05) is 59.0 Å². The number of piperazine rings is 1. The lowest BCUT2D eigenvalue weighted by Gasteiger charge is -2.39. The molecule has 1 N–H and O–H groups in total. The number of nitrogens with zero attached hydrogens (tertiary/aromatic N) is 4. The van der Waals surface area contributed by atoms with E-state index in [1.54, 1.807) is 0 Å². The Balaban J connectivity index is 0.00000363. The lowest BCUT2D eigenvalue weighted by Crippen LogP contribution is -2.57. The Morgan fingerprint density at radius 2 is 1.78 bits per heavy atom. The van der Waals surface area contributed by atoms with Crippen LogP contribution < -0.4 is 10.1 Å². The quantitative estimate of drug-likeness (QED) is 0.239. The van der Waals surface area contributed by atoms with E-state index < -0.39 is 11.6 Å². The Morgan fingerprint density at radius 3 is 2.41 bits per heavy atom. The molecule has 1 aromatic carbocycles. The van der Waals surface area contributed by atoms with Gasteiger partial charge in [0.15, 0.2) is 17.6 Å². The van der Waals surface area contributed by atoms with Crippen LogP contribution in [0.1, 0.15) is 26.7 Å². The highest BCUT2D eigenvalue weighted by molar-refractivity contribution is 14.0. The van der Waals surface area contributed by atoms with Crippen molar-refractivity contribution in [3.63, 3.8) is 0 Å². The molecular weight excluding hydrogens is 531 g/mol. The highest BCUT2D eigenvalue weighted by Gasteiger charge is 2.30. The summed E-state index contributed by atoms with van der Waals surface area (Å²) in [5.41, 5.74) is 0. The Hall–Kier alpha value is -1.69. The monoisotopic (exact) mass is 565 g/mol. The van der Waals surface area contributed by atoms with Crippen LogP contribution in [0.25, 0.3) is 0 Å². The normalized spacial score (nSPS) is 18.3. The molecule has 1 unspecified atom stereocenters. The van der Waals surface area contributed by atoms with Crippen LogP contribution in [-0.2, 0) is 4.79 Å². The second-order valence-electron chi connectivity index (χ2n) is 7.89. The average molecular weight is 565 g/mol. The van der Waals surface area contributed by atoms with Gasteiger partial charge in [-0.15, -0.1) is 24.0 Å². The summed E-state index contributed by atoms with van der Waals surface area (Å²) in [6.07, 6.45) is 2.21. The number of hydrogen-bond acceptors (Lipinski definition) is 4. The fourth-order valence-corrected chi connectivity index (χ4v) is 3.99. The molecule has 7 nitrogen and oxygen atoms in total. The minimum Gasteiger partial charge on any atom is -0.492 e. The molecule has 0 spiro atoms. The van der Waals surface area contributed by atoms with Crippen molar-refractivity contribution in [1.82, 2.24) is 20.0 Å². The van der Waals surface area contributed by atoms with Crippen LogP contribution in [0.3, 0.4) is 0 Å². The zero-order valence-electron chi connectivity index (χ0n) is 18.9. The van der Waals surface area contributed by atoms with Crippen molar-refractivity contribution >= 4 is 35.8 Å². The fourth-order valence-electron chi connectivity index (χ4n) is 3.99. The first-order valence-corrected chi connectivity index (χ1v) is 11.1. The van der Waals surface area contributed by atoms with Gasteiger partial charge in [-0.05, 0) is 38.8 Å². The minimum atomic E-state index is -0.926. The Morgan fingerprint density at radius 1 is 1.09 bits per heavy atom. The van der Waals surface area contributed by atoms with Gasteiger partial charge in [-0.2, -0.15) is 0 Å². The summed E-state index contributed by atoms with van der Waals surface area (Å²) in [6, 6.07) is 3.39. The maximum absolute atomic E-state index is 13.3. The van der Waals surface area contributed by atoms with Gasteiger partial charge >= 0.3 is 0 Å². The van der Waals surface area contributed by atoms with Gasteiger partial charge < -0.3 is 19.9 Å². The molecule has 0 radical (unpaired) electrons. The number of likely N-dealkylation sites (tertiary alicyclic amines) is 1. The van der Waals surface area contributed by atoms with Crippen LogP contribution in [-0.4, -0.2) is 91.6 Å². The van der Waals surface area contributed by atoms with E-state index in [0.29, 0.717) is 6.54 Å². The van der Waals surface area contributed by atoms with Crippen LogP contribution in [0.5, 0.6) is 5.75 Å². The number of benzene rings is 1. The third kappa shape index (κ3) is 7.16. The maximum atomic E-state index is 13.3. The number of halogens is 3. The van der Waals surface area contributed by atoms with Crippen molar-refractivity contribution in [3.05, 3.63) is 29.8 Å². The van der Waals surface area contributed by atoms with E-state index in [-0.39, 0.29) is 48.3 Å². The number of carbonyl (C=O) groups is 1. The molecule has 2 aliphatic heterocycles. The highest BCUT2D eigenvalue weighted by Crippen LogP contribution is 2.16. The molecule has 0 aromatic heterocycles. The van der Waals surface area contributed by atoms with Crippen molar-refractivity contribution in [3.8, 4) is 5.75 Å². The molecule has 1 atom stereocenters. The predicted molar refractivity (Wildman–Crippen MR) is 132 cm³/mol. The molecule has 0 saturated carbocycles. The van der Waals surface area contributed by atoms with Gasteiger partial charge in [0.05, 0.1) is 12.6 Å². The molecule has 0 bridgehead atoms. The van der Waals surface area contributed by atoms with Crippen molar-refractivity contribution in [1.29, 1.82) is 0 Å². The van der Waals surface area contributed by atoms with Crippen molar-refractivity contribution in [2.45, 2.75) is 32.7 Å². The standard InChI is InChI=1S/C22H33F2N5O2.HI/c1-3-25-22(26-8-15-31-18-6-7-19(23)20(24)16-18)29-13-11-27(12-14-29)17(2)21(30)28-9-4-5-10-28;/h6-7,16-17H,3-5,8-15H2,1-2H3,(H,25,26);1H. The average Bonchev–Trinajstić information content (AvgIpc) is 3.32. The number of guanidine groups is 1. The van der Waals surface area contributed by atoms with Gasteiger partial charge in [-0.25, -0.2) is 13.8 Å². The van der Waals surface area contributed by atoms with E-state index in [1.807, 2.05) is 18.7 Å². The summed E-state index contributed by atoms with van der Waals surface area (Å²) < 4.78 is 31.7. The second-order valence-corrected chi connectivity index (χ2v) is 7.89. The zero-order chi connectivity index (χ0) is 22.2. The molecule has 10 heteroatoms. The fraction of sp³-hybridized carbons (Fsp3) is 0.636. The summed E-state index contributed by atoms with van der Waals surface area (Å²) in [5, 5.41) is 3.30. The lowest BCUT2D eigenvalue weighted by molar-refractivity contribution is -0.135. The largest absolute Gasteiger partial charge is 0.492 e. The topological polar surface area (TPSA) is 60.4 Å². The SMILES string of the molecule is CCNC(=NCCOc1ccc(F)c(F)c1)N1CCN(C(C)C(=O)N2CCCC2)CC1.I. The number of amides is 1. The van der Waals surface area contributed by atoms with Crippen LogP contribution in [0.2, 0.25) is 0 Å². The summed E-state index contributed by atoms with van der Waals surface area (Å²) in [5.74, 6) is -0.500. The number of ether oxygens (including phenoxy) is 1. The van der Waals surface area contributed by atoms with Gasteiger partial charge in [0.2, 0.25) is 5.91 Å². The first-order chi connectivity index (χ1) is 15.0. The van der Waals surface area contributed by atoms with Gasteiger partial charge in [0.1, 0.15) is 12.4 Å². The van der Waals surface area contributed by atoms with E-state index in [1.165, 1.54) is 6.07 Å². The number of hydrogen-bond donors (Lipinski definition) is 1. The molecule has 32 heavy (non-hydrogen) atoms. The van der Waals surface area contributed by atoms with Gasteiger partial charge in [-0.1, -0.05) is 0 Å². The van der Waals surface area contributed by atoms with Gasteiger partial charge in [0, 0.05) is 51.9 Å². The number of rotatable bonds is 7. The Bertz CT molecular complexity index is 769. The van der Waals surface area contributed by atoms with Crippen LogP contribution in [0.15, 0.2) is 23.2 Å². The first kappa shape index (κ1) is 26.6. The lowest BCUT2D eigenvalue weighted by atomic mass is 10.2. The first-order valence-electron chi connectivity index (χ1n) is 11.1. The molecule has 2 fully saturated rings. The Kier molecular flexibility index (Phi) is 10.9. The van der Waals surface area contributed by atoms with Crippen LogP contribution in [0.4, 0.5) is 8.78 Å². The van der Waals surface area contributed by atoms with E-state index in [4.69, 9.17) is 4.74 Å². The minimum absolute atomic E-state index is 0. The second kappa shape index (κ2) is 13.1. The molecule has 1 amide bonds.